The molecule has 0 aliphatic heterocycles. The van der Waals surface area contributed by atoms with E-state index in [1.165, 1.54) is 0 Å². The normalized spacial score (nSPS) is 14.0. The largest absolute Gasteiger partial charge is 0.497 e. The molecule has 0 radical (unpaired) electrons. The van der Waals surface area contributed by atoms with E-state index in [0.29, 0.717) is 0 Å². The lowest BCUT2D eigenvalue weighted by atomic mass is 9.86. The smallest absolute Gasteiger partial charge is 0.119 e. The Morgan fingerprint density at radius 1 is 1.06 bits per heavy atom. The van der Waals surface area contributed by atoms with Crippen LogP contribution >= 0.6 is 15.9 Å². The maximum atomic E-state index is 6.46. The highest BCUT2D eigenvalue weighted by Crippen LogP contribution is 2.29. The molecule has 2 N–H and O–H groups in total. The van der Waals surface area contributed by atoms with E-state index in [4.69, 9.17) is 10.5 Å². The molecule has 0 aromatic heterocycles. The Morgan fingerprint density at radius 2 is 1.72 bits per heavy atom. The molecule has 0 fully saturated rings. The molecule has 0 spiro atoms. The van der Waals surface area contributed by atoms with Gasteiger partial charge in [0.2, 0.25) is 0 Å². The van der Waals surface area contributed by atoms with Gasteiger partial charge in [-0.2, -0.15) is 0 Å². The van der Waals surface area contributed by atoms with Crippen molar-refractivity contribution in [1.82, 2.24) is 0 Å². The molecule has 2 aromatic rings. The van der Waals surface area contributed by atoms with E-state index in [2.05, 4.69) is 15.9 Å². The summed E-state index contributed by atoms with van der Waals surface area (Å²) in [5.74, 6) is 0.821. The Bertz CT molecular complexity index is 534. The molecular weight excluding hydrogens is 290 g/mol. The average Bonchev–Trinajstić information content (AvgIpc) is 2.39. The molecule has 0 aliphatic rings. The lowest BCUT2D eigenvalue weighted by molar-refractivity contribution is 0.413. The SMILES string of the molecule is COc1cccc(C(C)(N)c2ccc(Br)cc2)c1. The van der Waals surface area contributed by atoms with E-state index < -0.39 is 5.54 Å². The van der Waals surface area contributed by atoms with E-state index >= 15 is 0 Å². The molecular formula is C15H16BrNO. The van der Waals surface area contributed by atoms with E-state index in [9.17, 15) is 0 Å². The number of benzene rings is 2. The summed E-state index contributed by atoms with van der Waals surface area (Å²) in [5.41, 5.74) is 8.03. The van der Waals surface area contributed by atoms with Crippen LogP contribution in [0.2, 0.25) is 0 Å². The third kappa shape index (κ3) is 2.57. The molecule has 18 heavy (non-hydrogen) atoms. The summed E-state index contributed by atoms with van der Waals surface area (Å²) in [6.45, 7) is 2.00. The molecule has 0 bridgehead atoms. The van der Waals surface area contributed by atoms with E-state index in [1.807, 2.05) is 55.5 Å². The minimum atomic E-state index is -0.532. The van der Waals surface area contributed by atoms with Gasteiger partial charge in [-0.3, -0.25) is 0 Å². The highest BCUT2D eigenvalue weighted by molar-refractivity contribution is 9.10. The third-order valence-electron chi connectivity index (χ3n) is 3.11. The van der Waals surface area contributed by atoms with Gasteiger partial charge in [0.25, 0.3) is 0 Å². The van der Waals surface area contributed by atoms with Gasteiger partial charge in [-0.25, -0.2) is 0 Å². The van der Waals surface area contributed by atoms with E-state index in [0.717, 1.165) is 21.3 Å². The number of hydrogen-bond donors (Lipinski definition) is 1. The van der Waals surface area contributed by atoms with Gasteiger partial charge in [0.15, 0.2) is 0 Å². The lowest BCUT2D eigenvalue weighted by Crippen LogP contribution is -2.34. The van der Waals surface area contributed by atoms with Crippen molar-refractivity contribution in [3.63, 3.8) is 0 Å². The number of methoxy groups -OCH3 is 1. The zero-order chi connectivity index (χ0) is 13.2. The molecule has 2 nitrogen and oxygen atoms in total. The molecule has 2 aromatic carbocycles. The first-order valence-corrected chi connectivity index (χ1v) is 6.53. The highest BCUT2D eigenvalue weighted by atomic mass is 79.9. The van der Waals surface area contributed by atoms with Crippen molar-refractivity contribution in [2.45, 2.75) is 12.5 Å². The minimum Gasteiger partial charge on any atom is -0.497 e. The number of hydrogen-bond acceptors (Lipinski definition) is 2. The third-order valence-corrected chi connectivity index (χ3v) is 3.64. The number of halogens is 1. The molecule has 0 saturated heterocycles. The molecule has 0 amide bonds. The van der Waals surface area contributed by atoms with Crippen LogP contribution in [-0.2, 0) is 5.54 Å². The summed E-state index contributed by atoms with van der Waals surface area (Å²) in [5, 5.41) is 0. The van der Waals surface area contributed by atoms with Crippen molar-refractivity contribution >= 4 is 15.9 Å². The van der Waals surface area contributed by atoms with Crippen LogP contribution in [0.25, 0.3) is 0 Å². The first-order chi connectivity index (χ1) is 8.54. The molecule has 0 aliphatic carbocycles. The maximum Gasteiger partial charge on any atom is 0.119 e. The fourth-order valence-electron chi connectivity index (χ4n) is 1.91. The van der Waals surface area contributed by atoms with Crippen molar-refractivity contribution in [3.8, 4) is 5.75 Å². The Morgan fingerprint density at radius 3 is 2.33 bits per heavy atom. The second kappa shape index (κ2) is 5.12. The van der Waals surface area contributed by atoms with Gasteiger partial charge < -0.3 is 10.5 Å². The molecule has 3 heteroatoms. The number of rotatable bonds is 3. The predicted molar refractivity (Wildman–Crippen MR) is 77.8 cm³/mol. The zero-order valence-electron chi connectivity index (χ0n) is 10.5. The predicted octanol–water partition coefficient (Wildman–Crippen LogP) is 3.68. The van der Waals surface area contributed by atoms with Crippen molar-refractivity contribution in [3.05, 3.63) is 64.1 Å². The van der Waals surface area contributed by atoms with Crippen molar-refractivity contribution in [2.75, 3.05) is 7.11 Å². The average molecular weight is 306 g/mol. The van der Waals surface area contributed by atoms with Crippen LogP contribution < -0.4 is 10.5 Å². The molecule has 0 heterocycles. The van der Waals surface area contributed by atoms with Crippen LogP contribution in [-0.4, -0.2) is 7.11 Å². The Kier molecular flexibility index (Phi) is 3.73. The first kappa shape index (κ1) is 13.1. The quantitative estimate of drug-likeness (QED) is 0.939. The van der Waals surface area contributed by atoms with Crippen LogP contribution in [0, 0.1) is 0 Å². The maximum absolute atomic E-state index is 6.46. The van der Waals surface area contributed by atoms with Gasteiger partial charge >= 0.3 is 0 Å². The van der Waals surface area contributed by atoms with Gasteiger partial charge in [0.05, 0.1) is 12.6 Å². The molecule has 2 rings (SSSR count). The van der Waals surface area contributed by atoms with E-state index in [-0.39, 0.29) is 0 Å². The van der Waals surface area contributed by atoms with E-state index in [1.54, 1.807) is 7.11 Å². The van der Waals surface area contributed by atoms with Crippen LogP contribution in [0.5, 0.6) is 5.75 Å². The zero-order valence-corrected chi connectivity index (χ0v) is 12.1. The molecule has 1 atom stereocenters. The summed E-state index contributed by atoms with van der Waals surface area (Å²) in [4.78, 5) is 0. The Balaban J connectivity index is 2.43. The van der Waals surface area contributed by atoms with Gasteiger partial charge in [-0.1, -0.05) is 40.2 Å². The van der Waals surface area contributed by atoms with Gasteiger partial charge in [-0.15, -0.1) is 0 Å². The second-order valence-corrected chi connectivity index (χ2v) is 5.36. The van der Waals surface area contributed by atoms with Crippen molar-refractivity contribution < 1.29 is 4.74 Å². The van der Waals surface area contributed by atoms with Gasteiger partial charge in [0.1, 0.15) is 5.75 Å². The summed E-state index contributed by atoms with van der Waals surface area (Å²) in [6.07, 6.45) is 0. The standard InChI is InChI=1S/C15H16BrNO/c1-15(17,11-6-8-13(16)9-7-11)12-4-3-5-14(10-12)18-2/h3-10H,17H2,1-2H3. The van der Waals surface area contributed by atoms with Crippen molar-refractivity contribution in [2.24, 2.45) is 5.73 Å². The summed E-state index contributed by atoms with van der Waals surface area (Å²) in [7, 11) is 1.66. The molecule has 0 saturated carbocycles. The fourth-order valence-corrected chi connectivity index (χ4v) is 2.17. The number of ether oxygens (including phenoxy) is 1. The lowest BCUT2D eigenvalue weighted by Gasteiger charge is -2.26. The van der Waals surface area contributed by atoms with Gasteiger partial charge in [0, 0.05) is 4.47 Å². The Hall–Kier alpha value is -1.32. The van der Waals surface area contributed by atoms with Gasteiger partial charge in [-0.05, 0) is 42.3 Å². The second-order valence-electron chi connectivity index (χ2n) is 4.44. The monoisotopic (exact) mass is 305 g/mol. The number of nitrogens with two attached hydrogens (primary N) is 1. The summed E-state index contributed by atoms with van der Waals surface area (Å²) >= 11 is 3.43. The molecule has 1 unspecified atom stereocenters. The van der Waals surface area contributed by atoms with Crippen LogP contribution in [0.15, 0.2) is 53.0 Å². The highest BCUT2D eigenvalue weighted by Gasteiger charge is 2.23. The van der Waals surface area contributed by atoms with Crippen LogP contribution in [0.1, 0.15) is 18.1 Å². The van der Waals surface area contributed by atoms with Crippen LogP contribution in [0.4, 0.5) is 0 Å². The summed E-state index contributed by atoms with van der Waals surface area (Å²) < 4.78 is 6.29. The molecule has 94 valence electrons. The summed E-state index contributed by atoms with van der Waals surface area (Å²) in [6, 6.07) is 15.9. The van der Waals surface area contributed by atoms with Crippen LogP contribution in [0.3, 0.4) is 0 Å². The minimum absolute atomic E-state index is 0.532. The first-order valence-electron chi connectivity index (χ1n) is 5.73. The Labute approximate surface area is 116 Å². The topological polar surface area (TPSA) is 35.2 Å². The van der Waals surface area contributed by atoms with Crippen molar-refractivity contribution in [1.29, 1.82) is 0 Å². The fraction of sp³-hybridized carbons (Fsp3) is 0.200.